The van der Waals surface area contributed by atoms with Crippen molar-refractivity contribution in [2.45, 2.75) is 37.8 Å². The summed E-state index contributed by atoms with van der Waals surface area (Å²) in [6.45, 7) is 0.823. The molecule has 9 heteroatoms. The molecule has 0 saturated heterocycles. The van der Waals surface area contributed by atoms with Gasteiger partial charge in [-0.3, -0.25) is 9.69 Å². The van der Waals surface area contributed by atoms with Crippen molar-refractivity contribution in [1.82, 2.24) is 10.2 Å². The minimum absolute atomic E-state index is 0.00717. The molecule has 0 aromatic heterocycles. The number of hydrogen-bond donors (Lipinski definition) is 3. The summed E-state index contributed by atoms with van der Waals surface area (Å²) in [5.74, 6) is -0.313. The Morgan fingerprint density at radius 1 is 1.21 bits per heavy atom. The van der Waals surface area contributed by atoms with Crippen LogP contribution in [-0.4, -0.2) is 61.4 Å². The lowest BCUT2D eigenvalue weighted by Crippen LogP contribution is -2.55. The normalized spacial score (nSPS) is 21.0. The maximum Gasteiger partial charge on any atom is 0.319 e. The van der Waals surface area contributed by atoms with Crippen LogP contribution in [0, 0.1) is 11.7 Å². The van der Waals surface area contributed by atoms with Crippen molar-refractivity contribution in [3.63, 3.8) is 0 Å². The first-order valence-corrected chi connectivity index (χ1v) is 9.34. The average Bonchev–Trinajstić information content (AvgIpc) is 3.42. The van der Waals surface area contributed by atoms with Gasteiger partial charge in [0.05, 0.1) is 26.5 Å². The number of nitrogens with zero attached hydrogens (tertiary/aromatic N) is 1. The molecule has 1 aromatic rings. The number of hydrogen-bond acceptors (Lipinski definition) is 5. The second kappa shape index (κ2) is 8.64. The van der Waals surface area contributed by atoms with Crippen molar-refractivity contribution in [2.75, 3.05) is 32.6 Å². The van der Waals surface area contributed by atoms with E-state index < -0.39 is 17.8 Å². The molecular formula is C19H26FN3O5. The molecule has 0 atom stereocenters. The van der Waals surface area contributed by atoms with Gasteiger partial charge < -0.3 is 25.2 Å². The zero-order valence-electron chi connectivity index (χ0n) is 16.0. The number of amides is 2. The highest BCUT2D eigenvalue weighted by molar-refractivity contribution is 5.90. The molecule has 3 N–H and O–H groups in total. The van der Waals surface area contributed by atoms with E-state index in [9.17, 15) is 14.0 Å². The van der Waals surface area contributed by atoms with Crippen LogP contribution in [0.5, 0.6) is 11.5 Å². The van der Waals surface area contributed by atoms with Crippen molar-refractivity contribution in [3.05, 3.63) is 17.9 Å². The molecule has 2 aliphatic carbocycles. The summed E-state index contributed by atoms with van der Waals surface area (Å²) in [5.41, 5.74) is -0.00717. The van der Waals surface area contributed by atoms with Crippen molar-refractivity contribution in [1.29, 1.82) is 0 Å². The van der Waals surface area contributed by atoms with Crippen LogP contribution in [0.15, 0.2) is 12.1 Å². The summed E-state index contributed by atoms with van der Waals surface area (Å²) < 4.78 is 24.3. The Kier molecular flexibility index (Phi) is 6.23. The van der Waals surface area contributed by atoms with E-state index in [1.54, 1.807) is 0 Å². The van der Waals surface area contributed by atoms with Crippen molar-refractivity contribution in [3.8, 4) is 11.5 Å². The van der Waals surface area contributed by atoms with Gasteiger partial charge in [0.1, 0.15) is 0 Å². The Hall–Kier alpha value is -2.55. The minimum Gasteiger partial charge on any atom is -0.493 e. The Balaban J connectivity index is 1.50. The maximum absolute atomic E-state index is 14.1. The molecule has 2 saturated carbocycles. The van der Waals surface area contributed by atoms with Gasteiger partial charge in [-0.25, -0.2) is 9.18 Å². The molecule has 2 fully saturated rings. The second-order valence-electron chi connectivity index (χ2n) is 7.37. The fourth-order valence-electron chi connectivity index (χ4n) is 3.45. The number of anilines is 1. The van der Waals surface area contributed by atoms with E-state index >= 15 is 0 Å². The SMILES string of the molecule is COc1cc(F)c(NC(=O)NC2CC(N(CC(=O)O)CC3CC3)C2)cc1OC. The largest absolute Gasteiger partial charge is 0.493 e. The summed E-state index contributed by atoms with van der Waals surface area (Å²) in [6, 6.07) is 2.09. The fraction of sp³-hybridized carbons (Fsp3) is 0.579. The van der Waals surface area contributed by atoms with Gasteiger partial charge in [-0.2, -0.15) is 0 Å². The number of nitrogens with one attached hydrogen (secondary N) is 2. The third-order valence-corrected chi connectivity index (χ3v) is 5.21. The number of ether oxygens (including phenoxy) is 2. The van der Waals surface area contributed by atoms with Crippen molar-refractivity contribution < 1.29 is 28.6 Å². The molecule has 2 aliphatic rings. The molecular weight excluding hydrogens is 369 g/mol. The van der Waals surface area contributed by atoms with Crippen molar-refractivity contribution >= 4 is 17.7 Å². The van der Waals surface area contributed by atoms with Crippen LogP contribution >= 0.6 is 0 Å². The molecule has 2 amide bonds. The van der Waals surface area contributed by atoms with E-state index in [0.717, 1.165) is 25.5 Å². The molecule has 0 unspecified atom stereocenters. The average molecular weight is 395 g/mol. The highest BCUT2D eigenvalue weighted by Crippen LogP contribution is 2.34. The molecule has 154 valence electrons. The second-order valence-corrected chi connectivity index (χ2v) is 7.37. The number of carboxylic acid groups (broad SMARTS) is 1. The summed E-state index contributed by atoms with van der Waals surface area (Å²) in [6.07, 6.45) is 3.68. The number of aliphatic carboxylic acids is 1. The summed E-state index contributed by atoms with van der Waals surface area (Å²) >= 11 is 0. The predicted octanol–water partition coefficient (Wildman–Crippen LogP) is 2.29. The predicted molar refractivity (Wildman–Crippen MR) is 100 cm³/mol. The van der Waals surface area contributed by atoms with Gasteiger partial charge in [0.2, 0.25) is 0 Å². The third kappa shape index (κ3) is 5.03. The minimum atomic E-state index is -0.835. The van der Waals surface area contributed by atoms with Gasteiger partial charge in [0.15, 0.2) is 17.3 Å². The van der Waals surface area contributed by atoms with Gasteiger partial charge in [-0.05, 0) is 31.6 Å². The first kappa shape index (κ1) is 20.2. The zero-order valence-corrected chi connectivity index (χ0v) is 16.0. The number of carbonyl (C=O) groups is 2. The van der Waals surface area contributed by atoms with E-state index in [1.165, 1.54) is 20.3 Å². The summed E-state index contributed by atoms with van der Waals surface area (Å²) in [5, 5.41) is 14.4. The van der Waals surface area contributed by atoms with E-state index in [2.05, 4.69) is 10.6 Å². The number of methoxy groups -OCH3 is 2. The summed E-state index contributed by atoms with van der Waals surface area (Å²) in [7, 11) is 2.83. The molecule has 0 bridgehead atoms. The van der Waals surface area contributed by atoms with E-state index in [1.807, 2.05) is 4.90 Å². The fourth-order valence-corrected chi connectivity index (χ4v) is 3.45. The van der Waals surface area contributed by atoms with Crippen molar-refractivity contribution in [2.24, 2.45) is 5.92 Å². The van der Waals surface area contributed by atoms with Gasteiger partial charge in [0, 0.05) is 30.8 Å². The molecule has 0 aliphatic heterocycles. The number of carboxylic acids is 1. The standard InChI is InChI=1S/C19H26FN3O5/c1-27-16-7-14(20)15(8-17(16)28-2)22-19(26)21-12-5-13(6-12)23(10-18(24)25)9-11-3-4-11/h7-8,11-13H,3-6,9-10H2,1-2H3,(H,24,25)(H2,21,22,26). The Bertz CT molecular complexity index is 735. The lowest BCUT2D eigenvalue weighted by molar-refractivity contribution is -0.139. The summed E-state index contributed by atoms with van der Waals surface area (Å²) in [4.78, 5) is 25.3. The number of urea groups is 1. The molecule has 3 rings (SSSR count). The smallest absolute Gasteiger partial charge is 0.319 e. The van der Waals surface area contributed by atoms with E-state index in [0.29, 0.717) is 24.5 Å². The van der Waals surface area contributed by atoms with Crippen LogP contribution in [0.1, 0.15) is 25.7 Å². The topological polar surface area (TPSA) is 100 Å². The first-order chi connectivity index (χ1) is 13.4. The number of halogens is 1. The molecule has 0 spiro atoms. The molecule has 1 aromatic carbocycles. The van der Waals surface area contributed by atoms with Crippen LogP contribution in [0.25, 0.3) is 0 Å². The molecule has 0 radical (unpaired) electrons. The van der Waals surface area contributed by atoms with Crippen LogP contribution in [0.4, 0.5) is 14.9 Å². The van der Waals surface area contributed by atoms with E-state index in [4.69, 9.17) is 14.6 Å². The van der Waals surface area contributed by atoms with Crippen LogP contribution in [0.2, 0.25) is 0 Å². The molecule has 28 heavy (non-hydrogen) atoms. The quantitative estimate of drug-likeness (QED) is 0.593. The third-order valence-electron chi connectivity index (χ3n) is 5.21. The van der Waals surface area contributed by atoms with Crippen LogP contribution in [-0.2, 0) is 4.79 Å². The highest BCUT2D eigenvalue weighted by atomic mass is 19.1. The van der Waals surface area contributed by atoms with Gasteiger partial charge in [-0.1, -0.05) is 0 Å². The first-order valence-electron chi connectivity index (χ1n) is 9.34. The Morgan fingerprint density at radius 3 is 2.43 bits per heavy atom. The van der Waals surface area contributed by atoms with Gasteiger partial charge in [0.25, 0.3) is 0 Å². The number of benzene rings is 1. The Labute approximate surface area is 163 Å². The monoisotopic (exact) mass is 395 g/mol. The van der Waals surface area contributed by atoms with Crippen LogP contribution in [0.3, 0.4) is 0 Å². The molecule has 8 nitrogen and oxygen atoms in total. The van der Waals surface area contributed by atoms with Crippen LogP contribution < -0.4 is 20.1 Å². The lowest BCUT2D eigenvalue weighted by atomic mass is 9.85. The van der Waals surface area contributed by atoms with Gasteiger partial charge in [-0.15, -0.1) is 0 Å². The maximum atomic E-state index is 14.1. The number of carbonyl (C=O) groups excluding carboxylic acids is 1. The molecule has 0 heterocycles. The zero-order chi connectivity index (χ0) is 20.3. The Morgan fingerprint density at radius 2 is 1.86 bits per heavy atom. The lowest BCUT2D eigenvalue weighted by Gasteiger charge is -2.42. The van der Waals surface area contributed by atoms with Gasteiger partial charge >= 0.3 is 12.0 Å². The van der Waals surface area contributed by atoms with E-state index in [-0.39, 0.29) is 30.1 Å². The number of rotatable bonds is 9. The highest BCUT2D eigenvalue weighted by Gasteiger charge is 2.37.